The van der Waals surface area contributed by atoms with Gasteiger partial charge in [0.05, 0.1) is 5.75 Å². The van der Waals surface area contributed by atoms with E-state index in [9.17, 15) is 8.42 Å². The predicted octanol–water partition coefficient (Wildman–Crippen LogP) is -0.438. The lowest BCUT2D eigenvalue weighted by Gasteiger charge is -2.31. The highest BCUT2D eigenvalue weighted by Gasteiger charge is 2.24. The topological polar surface area (TPSA) is 52.7 Å². The van der Waals surface area contributed by atoms with Crippen LogP contribution in [0.15, 0.2) is 0 Å². The van der Waals surface area contributed by atoms with Gasteiger partial charge in [-0.2, -0.15) is 4.31 Å². The van der Waals surface area contributed by atoms with E-state index in [2.05, 4.69) is 10.2 Å². The van der Waals surface area contributed by atoms with E-state index in [1.165, 1.54) is 0 Å². The Hall–Kier alpha value is -0.170. The Morgan fingerprint density at radius 2 is 1.75 bits per heavy atom. The van der Waals surface area contributed by atoms with E-state index in [4.69, 9.17) is 0 Å². The summed E-state index contributed by atoms with van der Waals surface area (Å²) in [5.74, 6) is 0.203. The molecular weight excluding hydrogens is 226 g/mol. The van der Waals surface area contributed by atoms with Crippen LogP contribution in [0, 0.1) is 0 Å². The van der Waals surface area contributed by atoms with E-state index in [1.54, 1.807) is 4.31 Å². The Morgan fingerprint density at radius 3 is 2.25 bits per heavy atom. The minimum Gasteiger partial charge on any atom is -0.313 e. The molecule has 0 amide bonds. The first-order valence-electron chi connectivity index (χ1n) is 5.81. The molecular formula is C10H23N3O2S. The van der Waals surface area contributed by atoms with Crippen LogP contribution < -0.4 is 5.32 Å². The van der Waals surface area contributed by atoms with E-state index < -0.39 is 10.0 Å². The summed E-state index contributed by atoms with van der Waals surface area (Å²) in [4.78, 5) is 2.15. The molecule has 0 aromatic rings. The Bertz CT molecular complexity index is 295. The SMILES string of the molecule is CC(C)NCCS(=O)(=O)N1CCN(C)CC1. The van der Waals surface area contributed by atoms with Crippen LogP contribution in [0.1, 0.15) is 13.8 Å². The first kappa shape index (κ1) is 13.9. The molecule has 1 N–H and O–H groups in total. The van der Waals surface area contributed by atoms with Crippen LogP contribution in [0.25, 0.3) is 0 Å². The average molecular weight is 249 g/mol. The number of sulfonamides is 1. The molecule has 0 radical (unpaired) electrons. The molecule has 6 heteroatoms. The molecule has 1 heterocycles. The van der Waals surface area contributed by atoms with Gasteiger partial charge in [-0.1, -0.05) is 13.8 Å². The lowest BCUT2D eigenvalue weighted by atomic mass is 10.4. The summed E-state index contributed by atoms with van der Waals surface area (Å²) >= 11 is 0. The molecule has 1 aliphatic rings. The Morgan fingerprint density at radius 1 is 1.19 bits per heavy atom. The quantitative estimate of drug-likeness (QED) is 0.718. The second-order valence-electron chi connectivity index (χ2n) is 4.63. The third kappa shape index (κ3) is 4.37. The molecule has 0 bridgehead atoms. The lowest BCUT2D eigenvalue weighted by Crippen LogP contribution is -2.48. The largest absolute Gasteiger partial charge is 0.313 e. The van der Waals surface area contributed by atoms with Crippen LogP contribution in [-0.2, 0) is 10.0 Å². The van der Waals surface area contributed by atoms with Gasteiger partial charge in [-0.3, -0.25) is 0 Å². The van der Waals surface area contributed by atoms with Crippen LogP contribution in [0.3, 0.4) is 0 Å². The third-order valence-corrected chi connectivity index (χ3v) is 4.64. The maximum atomic E-state index is 11.9. The Balaban J connectivity index is 2.38. The van der Waals surface area contributed by atoms with Crippen molar-refractivity contribution in [2.24, 2.45) is 0 Å². The van der Waals surface area contributed by atoms with Gasteiger partial charge in [0.1, 0.15) is 0 Å². The molecule has 0 atom stereocenters. The minimum atomic E-state index is -3.06. The fourth-order valence-electron chi connectivity index (χ4n) is 1.67. The van der Waals surface area contributed by atoms with Crippen molar-refractivity contribution in [1.29, 1.82) is 0 Å². The van der Waals surface area contributed by atoms with Crippen molar-refractivity contribution in [2.45, 2.75) is 19.9 Å². The first-order valence-corrected chi connectivity index (χ1v) is 7.42. The summed E-state index contributed by atoms with van der Waals surface area (Å²) in [5, 5.41) is 3.13. The van der Waals surface area contributed by atoms with Crippen molar-refractivity contribution in [1.82, 2.24) is 14.5 Å². The van der Waals surface area contributed by atoms with Gasteiger partial charge in [0.15, 0.2) is 0 Å². The summed E-state index contributed by atoms with van der Waals surface area (Å²) < 4.78 is 25.5. The summed E-state index contributed by atoms with van der Waals surface area (Å²) in [5.41, 5.74) is 0. The lowest BCUT2D eigenvalue weighted by molar-refractivity contribution is 0.222. The summed E-state index contributed by atoms with van der Waals surface area (Å²) in [6.45, 7) is 7.48. The van der Waals surface area contributed by atoms with Gasteiger partial charge in [-0.05, 0) is 7.05 Å². The fraction of sp³-hybridized carbons (Fsp3) is 1.00. The van der Waals surface area contributed by atoms with Gasteiger partial charge in [-0.15, -0.1) is 0 Å². The van der Waals surface area contributed by atoms with E-state index in [1.807, 2.05) is 20.9 Å². The molecule has 96 valence electrons. The standard InChI is InChI=1S/C10H23N3O2S/c1-10(2)11-4-9-16(14,15)13-7-5-12(3)6-8-13/h10-11H,4-9H2,1-3H3. The highest BCUT2D eigenvalue weighted by molar-refractivity contribution is 7.89. The Labute approximate surface area is 98.8 Å². The summed E-state index contributed by atoms with van der Waals surface area (Å²) in [6.07, 6.45) is 0. The van der Waals surface area contributed by atoms with Gasteiger partial charge in [0.2, 0.25) is 10.0 Å². The third-order valence-electron chi connectivity index (χ3n) is 2.77. The second-order valence-corrected chi connectivity index (χ2v) is 6.72. The molecule has 1 rings (SSSR count). The molecule has 1 aliphatic heterocycles. The molecule has 0 saturated carbocycles. The van der Waals surface area contributed by atoms with Crippen molar-refractivity contribution in [3.05, 3.63) is 0 Å². The van der Waals surface area contributed by atoms with Crippen LogP contribution in [0.4, 0.5) is 0 Å². The van der Waals surface area contributed by atoms with E-state index in [-0.39, 0.29) is 5.75 Å². The molecule has 0 aromatic carbocycles. The molecule has 1 saturated heterocycles. The number of nitrogens with zero attached hydrogens (tertiary/aromatic N) is 2. The van der Waals surface area contributed by atoms with Crippen LogP contribution in [0.2, 0.25) is 0 Å². The molecule has 5 nitrogen and oxygen atoms in total. The van der Waals surface area contributed by atoms with Crippen molar-refractivity contribution >= 4 is 10.0 Å². The van der Waals surface area contributed by atoms with Crippen LogP contribution in [0.5, 0.6) is 0 Å². The Kier molecular flexibility index (Phi) is 5.17. The number of rotatable bonds is 5. The number of piperazine rings is 1. The van der Waals surface area contributed by atoms with Gasteiger partial charge >= 0.3 is 0 Å². The van der Waals surface area contributed by atoms with Gasteiger partial charge in [-0.25, -0.2) is 8.42 Å². The van der Waals surface area contributed by atoms with E-state index in [0.717, 1.165) is 13.1 Å². The van der Waals surface area contributed by atoms with E-state index >= 15 is 0 Å². The van der Waals surface area contributed by atoms with Crippen molar-refractivity contribution < 1.29 is 8.42 Å². The normalized spacial score (nSPS) is 20.5. The molecule has 0 spiro atoms. The maximum Gasteiger partial charge on any atom is 0.215 e. The average Bonchev–Trinajstić information content (AvgIpc) is 2.17. The first-order chi connectivity index (χ1) is 7.42. The van der Waals surface area contributed by atoms with Gasteiger partial charge in [0.25, 0.3) is 0 Å². The molecule has 16 heavy (non-hydrogen) atoms. The number of hydrogen-bond donors (Lipinski definition) is 1. The van der Waals surface area contributed by atoms with Crippen LogP contribution >= 0.6 is 0 Å². The zero-order valence-corrected chi connectivity index (χ0v) is 11.3. The molecule has 0 aliphatic carbocycles. The van der Waals surface area contributed by atoms with Crippen molar-refractivity contribution in [3.8, 4) is 0 Å². The summed E-state index contributed by atoms with van der Waals surface area (Å²) in [7, 11) is -1.04. The van der Waals surface area contributed by atoms with Gasteiger partial charge in [0, 0.05) is 38.8 Å². The van der Waals surface area contributed by atoms with E-state index in [0.29, 0.717) is 25.7 Å². The number of nitrogens with one attached hydrogen (secondary N) is 1. The van der Waals surface area contributed by atoms with Crippen LogP contribution in [-0.4, -0.2) is 69.2 Å². The number of hydrogen-bond acceptors (Lipinski definition) is 4. The summed E-state index contributed by atoms with van der Waals surface area (Å²) in [6, 6.07) is 0.336. The zero-order chi connectivity index (χ0) is 12.2. The molecule has 0 aromatic heterocycles. The van der Waals surface area contributed by atoms with Gasteiger partial charge < -0.3 is 10.2 Å². The molecule has 0 unspecified atom stereocenters. The minimum absolute atomic E-state index is 0.203. The highest BCUT2D eigenvalue weighted by Crippen LogP contribution is 2.06. The molecule has 1 fully saturated rings. The second kappa shape index (κ2) is 5.95. The fourth-order valence-corrected chi connectivity index (χ4v) is 3.03. The van der Waals surface area contributed by atoms with Crippen molar-refractivity contribution in [2.75, 3.05) is 45.5 Å². The van der Waals surface area contributed by atoms with Crippen molar-refractivity contribution in [3.63, 3.8) is 0 Å². The monoisotopic (exact) mass is 249 g/mol. The highest BCUT2D eigenvalue weighted by atomic mass is 32.2. The zero-order valence-electron chi connectivity index (χ0n) is 10.4. The maximum absolute atomic E-state index is 11.9. The predicted molar refractivity (Wildman–Crippen MR) is 66.0 cm³/mol. The smallest absolute Gasteiger partial charge is 0.215 e. The number of likely N-dealkylation sites (N-methyl/N-ethyl adjacent to an activating group) is 1.